The van der Waals surface area contributed by atoms with E-state index in [2.05, 4.69) is 26.7 Å². The third kappa shape index (κ3) is 5.57. The quantitative estimate of drug-likeness (QED) is 0.715. The number of nitrogens with zero attached hydrogens (tertiary/aromatic N) is 4. The molecule has 1 unspecified atom stereocenters. The Bertz CT molecular complexity index is 383. The standard InChI is InChI=1S/C15H26N4O2/c1-2-3-11-21-13-14(20)12-18-7-9-19(10-8-18)15-16-5-4-6-17-15/h4-6,14,20H,2-3,7-13H2,1H3. The van der Waals surface area contributed by atoms with Gasteiger partial charge in [0.25, 0.3) is 0 Å². The lowest BCUT2D eigenvalue weighted by Crippen LogP contribution is -2.49. The Morgan fingerprint density at radius 3 is 2.62 bits per heavy atom. The molecule has 0 saturated carbocycles. The van der Waals surface area contributed by atoms with Crippen LogP contribution >= 0.6 is 0 Å². The number of piperazine rings is 1. The van der Waals surface area contributed by atoms with Gasteiger partial charge in [0.15, 0.2) is 0 Å². The molecule has 1 saturated heterocycles. The van der Waals surface area contributed by atoms with Crippen LogP contribution in [0.4, 0.5) is 5.95 Å². The van der Waals surface area contributed by atoms with Gasteiger partial charge in [-0.25, -0.2) is 9.97 Å². The highest BCUT2D eigenvalue weighted by atomic mass is 16.5. The highest BCUT2D eigenvalue weighted by Gasteiger charge is 2.20. The van der Waals surface area contributed by atoms with Crippen molar-refractivity contribution in [2.45, 2.75) is 25.9 Å². The molecule has 1 N–H and O–H groups in total. The van der Waals surface area contributed by atoms with Crippen LogP contribution in [-0.4, -0.2) is 72.0 Å². The number of hydrogen-bond acceptors (Lipinski definition) is 6. The lowest BCUT2D eigenvalue weighted by Gasteiger charge is -2.35. The fourth-order valence-corrected chi connectivity index (χ4v) is 2.40. The highest BCUT2D eigenvalue weighted by molar-refractivity contribution is 5.29. The van der Waals surface area contributed by atoms with Gasteiger partial charge >= 0.3 is 0 Å². The lowest BCUT2D eigenvalue weighted by atomic mass is 10.2. The summed E-state index contributed by atoms with van der Waals surface area (Å²) in [6.45, 7) is 7.62. The molecule has 0 amide bonds. The molecule has 0 aliphatic carbocycles. The molecule has 0 spiro atoms. The predicted octanol–water partition coefficient (Wildman–Crippen LogP) is 0.776. The summed E-state index contributed by atoms with van der Waals surface area (Å²) >= 11 is 0. The second-order valence-corrected chi connectivity index (χ2v) is 5.42. The molecule has 0 bridgehead atoms. The van der Waals surface area contributed by atoms with Gasteiger partial charge in [-0.3, -0.25) is 4.90 Å². The molecule has 2 rings (SSSR count). The average Bonchev–Trinajstić information content (AvgIpc) is 2.53. The molecule has 118 valence electrons. The Hall–Kier alpha value is -1.24. The number of hydrogen-bond donors (Lipinski definition) is 1. The largest absolute Gasteiger partial charge is 0.389 e. The number of aromatic nitrogens is 2. The topological polar surface area (TPSA) is 61.7 Å². The highest BCUT2D eigenvalue weighted by Crippen LogP contribution is 2.09. The van der Waals surface area contributed by atoms with E-state index in [1.54, 1.807) is 12.4 Å². The van der Waals surface area contributed by atoms with Gasteiger partial charge in [0.2, 0.25) is 5.95 Å². The maximum Gasteiger partial charge on any atom is 0.225 e. The Labute approximate surface area is 126 Å². The molecule has 1 aliphatic heterocycles. The van der Waals surface area contributed by atoms with Gasteiger partial charge in [-0.2, -0.15) is 0 Å². The monoisotopic (exact) mass is 294 g/mol. The molecular weight excluding hydrogens is 268 g/mol. The van der Waals surface area contributed by atoms with Gasteiger partial charge in [0.05, 0.1) is 12.7 Å². The molecule has 1 aliphatic rings. The summed E-state index contributed by atoms with van der Waals surface area (Å²) < 4.78 is 5.46. The molecule has 21 heavy (non-hydrogen) atoms. The first-order chi connectivity index (χ1) is 10.3. The van der Waals surface area contributed by atoms with Crippen LogP contribution in [0.25, 0.3) is 0 Å². The molecular formula is C15H26N4O2. The van der Waals surface area contributed by atoms with E-state index in [-0.39, 0.29) is 0 Å². The van der Waals surface area contributed by atoms with Crippen molar-refractivity contribution >= 4 is 5.95 Å². The Balaban J connectivity index is 1.65. The van der Waals surface area contributed by atoms with Crippen molar-refractivity contribution in [2.75, 3.05) is 50.8 Å². The zero-order valence-electron chi connectivity index (χ0n) is 12.8. The van der Waals surface area contributed by atoms with Gasteiger partial charge in [0, 0.05) is 51.7 Å². The second-order valence-electron chi connectivity index (χ2n) is 5.42. The first-order valence-corrected chi connectivity index (χ1v) is 7.79. The van der Waals surface area contributed by atoms with Gasteiger partial charge in [-0.05, 0) is 12.5 Å². The molecule has 1 fully saturated rings. The number of anilines is 1. The summed E-state index contributed by atoms with van der Waals surface area (Å²) in [7, 11) is 0. The number of aliphatic hydroxyl groups is 1. The van der Waals surface area contributed by atoms with E-state index in [0.29, 0.717) is 13.2 Å². The molecule has 6 nitrogen and oxygen atoms in total. The summed E-state index contributed by atoms with van der Waals surface area (Å²) in [5.74, 6) is 0.792. The fraction of sp³-hybridized carbons (Fsp3) is 0.733. The number of β-amino-alcohol motifs (C(OH)–C–C–N with tert-alkyl or cyclic N) is 1. The summed E-state index contributed by atoms with van der Waals surface area (Å²) in [5.41, 5.74) is 0. The van der Waals surface area contributed by atoms with Gasteiger partial charge < -0.3 is 14.7 Å². The maximum atomic E-state index is 9.98. The Kier molecular flexibility index (Phi) is 6.85. The van der Waals surface area contributed by atoms with Crippen molar-refractivity contribution in [1.82, 2.24) is 14.9 Å². The second kappa shape index (κ2) is 8.92. The first kappa shape index (κ1) is 16.1. The number of unbranched alkanes of at least 4 members (excludes halogenated alkanes) is 1. The molecule has 6 heteroatoms. The third-order valence-electron chi connectivity index (χ3n) is 3.63. The fourth-order valence-electron chi connectivity index (χ4n) is 2.40. The van der Waals surface area contributed by atoms with E-state index in [4.69, 9.17) is 4.74 Å². The first-order valence-electron chi connectivity index (χ1n) is 7.79. The van der Waals surface area contributed by atoms with E-state index >= 15 is 0 Å². The van der Waals surface area contributed by atoms with Crippen LogP contribution in [0, 0.1) is 0 Å². The van der Waals surface area contributed by atoms with E-state index < -0.39 is 6.10 Å². The molecule has 2 heterocycles. The number of ether oxygens (including phenoxy) is 1. The lowest BCUT2D eigenvalue weighted by molar-refractivity contribution is 0.0149. The van der Waals surface area contributed by atoms with Gasteiger partial charge in [0.1, 0.15) is 0 Å². The van der Waals surface area contributed by atoms with E-state index in [1.165, 1.54) is 0 Å². The van der Waals surface area contributed by atoms with Crippen molar-refractivity contribution < 1.29 is 9.84 Å². The smallest absolute Gasteiger partial charge is 0.225 e. The maximum absolute atomic E-state index is 9.98. The predicted molar refractivity (Wildman–Crippen MR) is 82.4 cm³/mol. The average molecular weight is 294 g/mol. The summed E-state index contributed by atoms with van der Waals surface area (Å²) in [6.07, 6.45) is 5.32. The van der Waals surface area contributed by atoms with Gasteiger partial charge in [-0.1, -0.05) is 13.3 Å². The zero-order valence-corrected chi connectivity index (χ0v) is 12.8. The van der Waals surface area contributed by atoms with Crippen LogP contribution in [0.15, 0.2) is 18.5 Å². The van der Waals surface area contributed by atoms with Crippen molar-refractivity contribution in [3.05, 3.63) is 18.5 Å². The molecule has 1 aromatic rings. The van der Waals surface area contributed by atoms with Crippen LogP contribution in [-0.2, 0) is 4.74 Å². The molecule has 0 aromatic carbocycles. The van der Waals surface area contributed by atoms with Gasteiger partial charge in [-0.15, -0.1) is 0 Å². The van der Waals surface area contributed by atoms with Crippen molar-refractivity contribution in [3.63, 3.8) is 0 Å². The number of rotatable bonds is 8. The molecule has 1 atom stereocenters. The Morgan fingerprint density at radius 2 is 1.95 bits per heavy atom. The minimum absolute atomic E-state index is 0.401. The summed E-state index contributed by atoms with van der Waals surface area (Å²) in [6, 6.07) is 1.83. The van der Waals surface area contributed by atoms with E-state index in [9.17, 15) is 5.11 Å². The van der Waals surface area contributed by atoms with Crippen molar-refractivity contribution in [1.29, 1.82) is 0 Å². The zero-order chi connectivity index (χ0) is 14.9. The molecule has 1 aromatic heterocycles. The SMILES string of the molecule is CCCCOCC(O)CN1CCN(c2ncccn2)CC1. The third-order valence-corrected chi connectivity index (χ3v) is 3.63. The van der Waals surface area contributed by atoms with E-state index in [1.807, 2.05) is 6.07 Å². The van der Waals surface area contributed by atoms with Crippen LogP contribution in [0.3, 0.4) is 0 Å². The Morgan fingerprint density at radius 1 is 1.24 bits per heavy atom. The number of aliphatic hydroxyl groups excluding tert-OH is 1. The van der Waals surface area contributed by atoms with Crippen molar-refractivity contribution in [2.24, 2.45) is 0 Å². The minimum Gasteiger partial charge on any atom is -0.389 e. The summed E-state index contributed by atoms with van der Waals surface area (Å²) in [4.78, 5) is 13.0. The van der Waals surface area contributed by atoms with Crippen LogP contribution in [0.5, 0.6) is 0 Å². The van der Waals surface area contributed by atoms with Crippen LogP contribution in [0.2, 0.25) is 0 Å². The summed E-state index contributed by atoms with van der Waals surface area (Å²) in [5, 5.41) is 9.98. The van der Waals surface area contributed by atoms with Crippen LogP contribution < -0.4 is 4.90 Å². The normalized spacial score (nSPS) is 17.9. The molecule has 0 radical (unpaired) electrons. The van der Waals surface area contributed by atoms with Crippen LogP contribution in [0.1, 0.15) is 19.8 Å². The van der Waals surface area contributed by atoms with Crippen molar-refractivity contribution in [3.8, 4) is 0 Å². The van der Waals surface area contributed by atoms with E-state index in [0.717, 1.165) is 51.6 Å². The minimum atomic E-state index is -0.401.